The zero-order valence-corrected chi connectivity index (χ0v) is 17.6. The van der Waals surface area contributed by atoms with Gasteiger partial charge in [0.25, 0.3) is 5.91 Å². The zero-order chi connectivity index (χ0) is 21.6. The first-order valence-electron chi connectivity index (χ1n) is 9.72. The van der Waals surface area contributed by atoms with Crippen LogP contribution in [0, 0.1) is 17.2 Å². The minimum absolute atomic E-state index is 0.0891. The van der Waals surface area contributed by atoms with Crippen LogP contribution in [0.15, 0.2) is 18.2 Å². The van der Waals surface area contributed by atoms with Gasteiger partial charge in [-0.2, -0.15) is 5.26 Å². The number of fused-ring (bicyclic) bond motifs is 1. The van der Waals surface area contributed by atoms with E-state index in [1.165, 1.54) is 6.08 Å². The first kappa shape index (κ1) is 22.3. The van der Waals surface area contributed by atoms with Crippen molar-refractivity contribution in [3.63, 3.8) is 0 Å². The standard InChI is InChI=1S/C22H28N2O5/c1-6-27-18-11-17-9-15(4)29-19(17)10-16(18)7-8-21(26)28-12-20(25)24-22(5,13-23)14(2)3/h7-8,10-11,14-15H,6,9,12H2,1-5H3,(H,24,25)/b8-7+/t15-,22-/m1/s1. The first-order chi connectivity index (χ1) is 13.7. The van der Waals surface area contributed by atoms with E-state index < -0.39 is 24.0 Å². The number of esters is 1. The van der Waals surface area contributed by atoms with Crippen LogP contribution in [0.4, 0.5) is 0 Å². The smallest absolute Gasteiger partial charge is 0.331 e. The molecule has 2 atom stereocenters. The van der Waals surface area contributed by atoms with Crippen LogP contribution in [0.25, 0.3) is 6.08 Å². The molecule has 0 radical (unpaired) electrons. The number of nitriles is 1. The van der Waals surface area contributed by atoms with Gasteiger partial charge in [-0.15, -0.1) is 0 Å². The quantitative estimate of drug-likeness (QED) is 0.532. The molecule has 2 rings (SSSR count). The van der Waals surface area contributed by atoms with E-state index in [2.05, 4.69) is 11.4 Å². The first-order valence-corrected chi connectivity index (χ1v) is 9.72. The van der Waals surface area contributed by atoms with Gasteiger partial charge in [0, 0.05) is 23.6 Å². The van der Waals surface area contributed by atoms with Crippen LogP contribution in [0.2, 0.25) is 0 Å². The molecule has 0 fully saturated rings. The second-order valence-electron chi connectivity index (χ2n) is 7.52. The summed E-state index contributed by atoms with van der Waals surface area (Å²) in [5.74, 6) is 0.152. The monoisotopic (exact) mass is 400 g/mol. The number of benzene rings is 1. The number of carbonyl (C=O) groups is 2. The van der Waals surface area contributed by atoms with Crippen LogP contribution in [0.5, 0.6) is 11.5 Å². The van der Waals surface area contributed by atoms with Gasteiger partial charge in [-0.25, -0.2) is 4.79 Å². The third kappa shape index (κ3) is 5.74. The fraction of sp³-hybridized carbons (Fsp3) is 0.500. The molecule has 0 saturated heterocycles. The molecule has 1 aliphatic rings. The van der Waals surface area contributed by atoms with E-state index in [4.69, 9.17) is 14.2 Å². The van der Waals surface area contributed by atoms with E-state index in [0.717, 1.165) is 17.7 Å². The van der Waals surface area contributed by atoms with E-state index in [9.17, 15) is 14.9 Å². The number of nitrogens with zero attached hydrogens (tertiary/aromatic N) is 1. The summed E-state index contributed by atoms with van der Waals surface area (Å²) in [6, 6.07) is 5.83. The number of hydrogen-bond donors (Lipinski definition) is 1. The maximum atomic E-state index is 12.0. The van der Waals surface area contributed by atoms with Gasteiger partial charge in [-0.3, -0.25) is 4.79 Å². The topological polar surface area (TPSA) is 97.6 Å². The Kier molecular flexibility index (Phi) is 7.27. The number of amides is 1. The molecular formula is C22H28N2O5. The predicted octanol–water partition coefficient (Wildman–Crippen LogP) is 3.02. The lowest BCUT2D eigenvalue weighted by Crippen LogP contribution is -2.50. The lowest BCUT2D eigenvalue weighted by Gasteiger charge is -2.27. The molecule has 1 aliphatic heterocycles. The van der Waals surface area contributed by atoms with Crippen LogP contribution in [-0.4, -0.2) is 36.7 Å². The van der Waals surface area contributed by atoms with Crippen molar-refractivity contribution < 1.29 is 23.8 Å². The largest absolute Gasteiger partial charge is 0.493 e. The number of rotatable bonds is 8. The summed E-state index contributed by atoms with van der Waals surface area (Å²) in [5, 5.41) is 11.8. The van der Waals surface area contributed by atoms with Gasteiger partial charge in [0.2, 0.25) is 0 Å². The molecular weight excluding hydrogens is 372 g/mol. The molecule has 7 heteroatoms. The van der Waals surface area contributed by atoms with Crippen molar-refractivity contribution in [2.24, 2.45) is 5.92 Å². The lowest BCUT2D eigenvalue weighted by atomic mass is 9.90. The van der Waals surface area contributed by atoms with E-state index in [0.29, 0.717) is 17.9 Å². The van der Waals surface area contributed by atoms with Gasteiger partial charge in [0.15, 0.2) is 6.61 Å². The second kappa shape index (κ2) is 9.46. The molecule has 1 aromatic rings. The Morgan fingerprint density at radius 2 is 2.17 bits per heavy atom. The molecule has 1 amide bonds. The Morgan fingerprint density at radius 3 is 2.79 bits per heavy atom. The van der Waals surface area contributed by atoms with Crippen LogP contribution in [-0.2, 0) is 20.7 Å². The van der Waals surface area contributed by atoms with E-state index >= 15 is 0 Å². The zero-order valence-electron chi connectivity index (χ0n) is 17.6. The molecule has 0 bridgehead atoms. The second-order valence-corrected chi connectivity index (χ2v) is 7.52. The third-order valence-electron chi connectivity index (χ3n) is 4.86. The van der Waals surface area contributed by atoms with Gasteiger partial charge in [0.05, 0.1) is 12.7 Å². The highest BCUT2D eigenvalue weighted by atomic mass is 16.5. The van der Waals surface area contributed by atoms with Crippen LogP contribution in [0.1, 0.15) is 45.7 Å². The summed E-state index contributed by atoms with van der Waals surface area (Å²) >= 11 is 0. The van der Waals surface area contributed by atoms with E-state index in [1.54, 1.807) is 13.0 Å². The summed E-state index contributed by atoms with van der Waals surface area (Å²) < 4.78 is 16.4. The van der Waals surface area contributed by atoms with Crippen molar-refractivity contribution in [3.8, 4) is 17.6 Å². The highest BCUT2D eigenvalue weighted by Gasteiger charge is 2.30. The minimum Gasteiger partial charge on any atom is -0.493 e. The fourth-order valence-corrected chi connectivity index (χ4v) is 2.84. The molecule has 1 aromatic carbocycles. The van der Waals surface area contributed by atoms with Gasteiger partial charge in [-0.05, 0) is 44.9 Å². The summed E-state index contributed by atoms with van der Waals surface area (Å²) in [4.78, 5) is 24.0. The molecule has 0 spiro atoms. The Morgan fingerprint density at radius 1 is 1.45 bits per heavy atom. The third-order valence-corrected chi connectivity index (χ3v) is 4.86. The average molecular weight is 400 g/mol. The minimum atomic E-state index is -1.02. The number of carbonyl (C=O) groups excluding carboxylic acids is 2. The van der Waals surface area contributed by atoms with Crippen LogP contribution >= 0.6 is 0 Å². The van der Waals surface area contributed by atoms with Gasteiger partial charge >= 0.3 is 5.97 Å². The molecule has 1 heterocycles. The van der Waals surface area contributed by atoms with Crippen LogP contribution < -0.4 is 14.8 Å². The van der Waals surface area contributed by atoms with Crippen molar-refractivity contribution in [2.45, 2.75) is 52.7 Å². The van der Waals surface area contributed by atoms with E-state index in [-0.39, 0.29) is 12.0 Å². The molecule has 0 aliphatic carbocycles. The Hall–Kier alpha value is -3.01. The molecule has 7 nitrogen and oxygen atoms in total. The average Bonchev–Trinajstić information content (AvgIpc) is 3.03. The van der Waals surface area contributed by atoms with Crippen molar-refractivity contribution in [3.05, 3.63) is 29.3 Å². The summed E-state index contributed by atoms with van der Waals surface area (Å²) in [7, 11) is 0. The summed E-state index contributed by atoms with van der Waals surface area (Å²) in [6.07, 6.45) is 3.73. The summed E-state index contributed by atoms with van der Waals surface area (Å²) in [5.41, 5.74) is 0.744. The molecule has 29 heavy (non-hydrogen) atoms. The molecule has 0 aromatic heterocycles. The van der Waals surface area contributed by atoms with Crippen molar-refractivity contribution in [2.75, 3.05) is 13.2 Å². The molecule has 1 N–H and O–H groups in total. The number of ether oxygens (including phenoxy) is 3. The van der Waals surface area contributed by atoms with Crippen molar-refractivity contribution in [1.29, 1.82) is 5.26 Å². The van der Waals surface area contributed by atoms with E-state index in [1.807, 2.05) is 39.8 Å². The Balaban J connectivity index is 2.00. The summed E-state index contributed by atoms with van der Waals surface area (Å²) in [6.45, 7) is 9.20. The fourth-order valence-electron chi connectivity index (χ4n) is 2.84. The normalized spacial score (nSPS) is 17.2. The molecule has 0 unspecified atom stereocenters. The van der Waals surface area contributed by atoms with Crippen molar-refractivity contribution >= 4 is 18.0 Å². The van der Waals surface area contributed by atoms with Gasteiger partial charge in [0.1, 0.15) is 23.1 Å². The Labute approximate surface area is 171 Å². The highest BCUT2D eigenvalue weighted by molar-refractivity contribution is 5.90. The highest BCUT2D eigenvalue weighted by Crippen LogP contribution is 2.35. The van der Waals surface area contributed by atoms with Crippen LogP contribution in [0.3, 0.4) is 0 Å². The number of hydrogen-bond acceptors (Lipinski definition) is 6. The molecule has 0 saturated carbocycles. The van der Waals surface area contributed by atoms with Gasteiger partial charge in [-0.1, -0.05) is 13.8 Å². The lowest BCUT2D eigenvalue weighted by molar-refractivity contribution is -0.144. The molecule has 156 valence electrons. The SMILES string of the molecule is CCOc1cc2c(cc1/C=C/C(=O)OCC(=O)N[C@](C)(C#N)C(C)C)O[C@H](C)C2. The maximum Gasteiger partial charge on any atom is 0.331 e. The van der Waals surface area contributed by atoms with Crippen molar-refractivity contribution in [1.82, 2.24) is 5.32 Å². The van der Waals surface area contributed by atoms with Gasteiger partial charge < -0.3 is 19.5 Å². The predicted molar refractivity (Wildman–Crippen MR) is 108 cm³/mol. The number of nitrogens with one attached hydrogen (secondary N) is 1. The Bertz CT molecular complexity index is 840. The maximum absolute atomic E-state index is 12.0.